The molecule has 0 saturated heterocycles. The van der Waals surface area contributed by atoms with Crippen molar-refractivity contribution in [3.63, 3.8) is 0 Å². The molecule has 0 spiro atoms. The maximum Gasteiger partial charge on any atom is 0.0701 e. The van der Waals surface area contributed by atoms with Crippen LogP contribution in [-0.4, -0.2) is 24.4 Å². The Kier molecular flexibility index (Phi) is 4.90. The average molecular weight is 200 g/mol. The highest BCUT2D eigenvalue weighted by molar-refractivity contribution is 4.81. The van der Waals surface area contributed by atoms with Gasteiger partial charge >= 0.3 is 0 Å². The zero-order valence-electron chi connectivity index (χ0n) is 9.70. The van der Waals surface area contributed by atoms with Crippen LogP contribution in [0.3, 0.4) is 0 Å². The maximum atomic E-state index is 8.76. The molecule has 1 aliphatic rings. The number of hydrogen-bond donors (Lipinski definition) is 1. The summed E-state index contributed by atoms with van der Waals surface area (Å²) in [4.78, 5) is 0. The molecule has 0 bridgehead atoms. The third-order valence-corrected chi connectivity index (χ3v) is 3.38. The number of hydrogen-bond acceptors (Lipinski definition) is 2. The lowest BCUT2D eigenvalue weighted by molar-refractivity contribution is -0.0489. The summed E-state index contributed by atoms with van der Waals surface area (Å²) in [5.74, 6) is 2.18. The molecule has 0 radical (unpaired) electrons. The fourth-order valence-electron chi connectivity index (χ4n) is 2.51. The molecular weight excluding hydrogens is 176 g/mol. The van der Waals surface area contributed by atoms with Crippen LogP contribution in [0, 0.1) is 17.8 Å². The van der Waals surface area contributed by atoms with Gasteiger partial charge in [0.25, 0.3) is 0 Å². The molecule has 2 heteroatoms. The molecule has 1 N–H and O–H groups in total. The van der Waals surface area contributed by atoms with Gasteiger partial charge < -0.3 is 9.84 Å². The van der Waals surface area contributed by atoms with Crippen LogP contribution in [0.1, 0.15) is 40.0 Å². The maximum absolute atomic E-state index is 8.76. The van der Waals surface area contributed by atoms with Crippen molar-refractivity contribution >= 4 is 0 Å². The Morgan fingerprint density at radius 1 is 1.36 bits per heavy atom. The largest absolute Gasteiger partial charge is 0.394 e. The zero-order chi connectivity index (χ0) is 10.6. The van der Waals surface area contributed by atoms with Gasteiger partial charge in [0.2, 0.25) is 0 Å². The molecule has 1 rings (SSSR count). The molecule has 0 aromatic heterocycles. The van der Waals surface area contributed by atoms with E-state index in [1.807, 2.05) is 0 Å². The van der Waals surface area contributed by atoms with E-state index in [0.717, 1.165) is 5.92 Å². The summed E-state index contributed by atoms with van der Waals surface area (Å²) in [7, 11) is 0. The van der Waals surface area contributed by atoms with Crippen LogP contribution in [0.4, 0.5) is 0 Å². The predicted molar refractivity (Wildman–Crippen MR) is 58.2 cm³/mol. The van der Waals surface area contributed by atoms with E-state index >= 15 is 0 Å². The van der Waals surface area contributed by atoms with Crippen molar-refractivity contribution in [3.8, 4) is 0 Å². The van der Waals surface area contributed by atoms with Gasteiger partial charge in [0.1, 0.15) is 0 Å². The third kappa shape index (κ3) is 3.25. The Morgan fingerprint density at radius 3 is 2.64 bits per heavy atom. The van der Waals surface area contributed by atoms with Crippen LogP contribution in [0.25, 0.3) is 0 Å². The lowest BCUT2D eigenvalue weighted by Crippen LogP contribution is -2.34. The van der Waals surface area contributed by atoms with Gasteiger partial charge in [-0.3, -0.25) is 0 Å². The summed E-state index contributed by atoms with van der Waals surface area (Å²) in [6.07, 6.45) is 4.17. The zero-order valence-corrected chi connectivity index (χ0v) is 9.70. The molecular formula is C12H24O2. The SMILES string of the molecule is CC(C)[C@H]1CC[C@@H](C)C[C@H]1OCCO. The number of aliphatic hydroxyl groups is 1. The molecule has 2 nitrogen and oxygen atoms in total. The van der Waals surface area contributed by atoms with Gasteiger partial charge in [0.05, 0.1) is 19.3 Å². The number of ether oxygens (including phenoxy) is 1. The van der Waals surface area contributed by atoms with E-state index in [1.54, 1.807) is 0 Å². The molecule has 0 unspecified atom stereocenters. The molecule has 0 amide bonds. The average Bonchev–Trinajstić information content (AvgIpc) is 2.14. The summed E-state index contributed by atoms with van der Waals surface area (Å²) < 4.78 is 5.73. The van der Waals surface area contributed by atoms with Crippen LogP contribution in [0.5, 0.6) is 0 Å². The van der Waals surface area contributed by atoms with E-state index in [4.69, 9.17) is 9.84 Å². The lowest BCUT2D eigenvalue weighted by Gasteiger charge is -2.37. The summed E-state index contributed by atoms with van der Waals surface area (Å²) >= 11 is 0. The van der Waals surface area contributed by atoms with Gasteiger partial charge in [0, 0.05) is 0 Å². The van der Waals surface area contributed by atoms with E-state index in [9.17, 15) is 0 Å². The molecule has 0 aromatic rings. The smallest absolute Gasteiger partial charge is 0.0701 e. The van der Waals surface area contributed by atoms with Gasteiger partial charge in [-0.05, 0) is 30.6 Å². The van der Waals surface area contributed by atoms with Crippen molar-refractivity contribution in [2.45, 2.75) is 46.1 Å². The van der Waals surface area contributed by atoms with E-state index in [-0.39, 0.29) is 6.61 Å². The highest BCUT2D eigenvalue weighted by Crippen LogP contribution is 2.35. The summed E-state index contributed by atoms with van der Waals surface area (Å²) in [5.41, 5.74) is 0. The van der Waals surface area contributed by atoms with Crippen molar-refractivity contribution in [2.75, 3.05) is 13.2 Å². The molecule has 1 aliphatic carbocycles. The predicted octanol–water partition coefficient (Wildman–Crippen LogP) is 2.46. The Labute approximate surface area is 87.7 Å². The van der Waals surface area contributed by atoms with Gasteiger partial charge in [-0.25, -0.2) is 0 Å². The van der Waals surface area contributed by atoms with Crippen molar-refractivity contribution in [1.29, 1.82) is 0 Å². The molecule has 84 valence electrons. The normalized spacial score (nSPS) is 33.6. The second-order valence-corrected chi connectivity index (χ2v) is 4.96. The van der Waals surface area contributed by atoms with E-state index in [2.05, 4.69) is 20.8 Å². The first-order valence-corrected chi connectivity index (χ1v) is 5.87. The van der Waals surface area contributed by atoms with Gasteiger partial charge in [0.15, 0.2) is 0 Å². The minimum Gasteiger partial charge on any atom is -0.394 e. The van der Waals surface area contributed by atoms with E-state index < -0.39 is 0 Å². The van der Waals surface area contributed by atoms with E-state index in [1.165, 1.54) is 19.3 Å². The highest BCUT2D eigenvalue weighted by atomic mass is 16.5. The Morgan fingerprint density at radius 2 is 2.07 bits per heavy atom. The minimum atomic E-state index is 0.149. The number of aliphatic hydroxyl groups excluding tert-OH is 1. The van der Waals surface area contributed by atoms with E-state index in [0.29, 0.717) is 24.5 Å². The second kappa shape index (κ2) is 5.72. The van der Waals surface area contributed by atoms with Crippen LogP contribution in [0.15, 0.2) is 0 Å². The highest BCUT2D eigenvalue weighted by Gasteiger charge is 2.30. The quantitative estimate of drug-likeness (QED) is 0.755. The second-order valence-electron chi connectivity index (χ2n) is 4.96. The molecule has 1 saturated carbocycles. The lowest BCUT2D eigenvalue weighted by atomic mass is 9.75. The first-order chi connectivity index (χ1) is 6.65. The van der Waals surface area contributed by atoms with Crippen molar-refractivity contribution in [2.24, 2.45) is 17.8 Å². The Hall–Kier alpha value is -0.0800. The van der Waals surface area contributed by atoms with Crippen LogP contribution >= 0.6 is 0 Å². The number of rotatable bonds is 4. The molecule has 14 heavy (non-hydrogen) atoms. The minimum absolute atomic E-state index is 0.149. The van der Waals surface area contributed by atoms with Crippen LogP contribution in [0.2, 0.25) is 0 Å². The van der Waals surface area contributed by atoms with Gasteiger partial charge in [-0.1, -0.05) is 27.2 Å². The molecule has 0 heterocycles. The van der Waals surface area contributed by atoms with Crippen LogP contribution in [-0.2, 0) is 4.74 Å². The molecule has 0 aliphatic heterocycles. The Balaban J connectivity index is 2.45. The summed E-state index contributed by atoms with van der Waals surface area (Å²) in [6, 6.07) is 0. The fraction of sp³-hybridized carbons (Fsp3) is 1.00. The van der Waals surface area contributed by atoms with Crippen molar-refractivity contribution < 1.29 is 9.84 Å². The molecule has 0 aromatic carbocycles. The van der Waals surface area contributed by atoms with Crippen molar-refractivity contribution in [3.05, 3.63) is 0 Å². The topological polar surface area (TPSA) is 29.5 Å². The third-order valence-electron chi connectivity index (χ3n) is 3.38. The Bertz CT molecular complexity index is 156. The standard InChI is InChI=1S/C12H24O2/c1-9(2)11-5-4-10(3)8-12(11)14-7-6-13/h9-13H,4-8H2,1-3H3/t10-,11-,12-/m1/s1. The first kappa shape index (κ1) is 12.0. The van der Waals surface area contributed by atoms with Crippen LogP contribution < -0.4 is 0 Å². The molecule has 3 atom stereocenters. The summed E-state index contributed by atoms with van der Waals surface area (Å²) in [6.45, 7) is 7.49. The first-order valence-electron chi connectivity index (χ1n) is 5.87. The van der Waals surface area contributed by atoms with Gasteiger partial charge in [-0.2, -0.15) is 0 Å². The fourth-order valence-corrected chi connectivity index (χ4v) is 2.51. The summed E-state index contributed by atoms with van der Waals surface area (Å²) in [5, 5.41) is 8.76. The van der Waals surface area contributed by atoms with Gasteiger partial charge in [-0.15, -0.1) is 0 Å². The van der Waals surface area contributed by atoms with Crippen molar-refractivity contribution in [1.82, 2.24) is 0 Å². The molecule has 1 fully saturated rings. The monoisotopic (exact) mass is 200 g/mol.